The fourth-order valence-electron chi connectivity index (χ4n) is 4.74. The van der Waals surface area contributed by atoms with Crippen molar-refractivity contribution in [3.8, 4) is 0 Å². The molecule has 4 aromatic rings. The molecule has 1 atom stereocenters. The van der Waals surface area contributed by atoms with E-state index < -0.39 is 17.7 Å². The summed E-state index contributed by atoms with van der Waals surface area (Å²) in [5.41, 5.74) is 1.49. The molecule has 4 nitrogen and oxygen atoms in total. The summed E-state index contributed by atoms with van der Waals surface area (Å²) < 4.78 is 34.4. The molecule has 190 valence electrons. The number of hydrogen-bond donors (Lipinski definition) is 0. The van der Waals surface area contributed by atoms with Crippen molar-refractivity contribution < 1.29 is 18.3 Å². The van der Waals surface area contributed by atoms with Crippen LogP contribution in [0, 0.1) is 11.6 Å². The molecule has 1 fully saturated rings. The first-order valence-corrected chi connectivity index (χ1v) is 12.7. The van der Waals surface area contributed by atoms with Crippen molar-refractivity contribution in [2.45, 2.75) is 12.7 Å². The number of nitrogens with zero attached hydrogens (tertiary/aromatic N) is 2. The Hall–Kier alpha value is -3.32. The third-order valence-electron chi connectivity index (χ3n) is 6.84. The van der Waals surface area contributed by atoms with Crippen LogP contribution in [0.5, 0.6) is 0 Å². The minimum absolute atomic E-state index is 0.0250. The molecule has 4 aromatic carbocycles. The van der Waals surface area contributed by atoms with E-state index in [4.69, 9.17) is 16.3 Å². The number of hydrogen-bond acceptors (Lipinski definition) is 3. The zero-order valence-electron chi connectivity index (χ0n) is 20.2. The van der Waals surface area contributed by atoms with Crippen LogP contribution in [0.25, 0.3) is 10.8 Å². The second-order valence-electron chi connectivity index (χ2n) is 9.17. The van der Waals surface area contributed by atoms with E-state index in [2.05, 4.69) is 4.90 Å². The van der Waals surface area contributed by atoms with Gasteiger partial charge in [-0.25, -0.2) is 8.78 Å². The minimum atomic E-state index is -0.629. The lowest BCUT2D eigenvalue weighted by Crippen LogP contribution is -2.49. The van der Waals surface area contributed by atoms with Gasteiger partial charge in [-0.15, -0.1) is 0 Å². The fraction of sp³-hybridized carbons (Fsp3) is 0.233. The summed E-state index contributed by atoms with van der Waals surface area (Å²) in [6.07, 6.45) is -0.420. The highest BCUT2D eigenvalue weighted by Gasteiger charge is 2.26. The summed E-state index contributed by atoms with van der Waals surface area (Å²) in [6, 6.07) is 24.8. The molecule has 7 heteroatoms. The summed E-state index contributed by atoms with van der Waals surface area (Å²) in [5, 5.41) is 2.60. The Bertz CT molecular complexity index is 1360. The normalized spacial score (nSPS) is 15.2. The summed E-state index contributed by atoms with van der Waals surface area (Å²) in [7, 11) is 0. The molecule has 5 rings (SSSR count). The van der Waals surface area contributed by atoms with Gasteiger partial charge in [0, 0.05) is 48.9 Å². The molecule has 0 N–H and O–H groups in total. The number of ether oxygens (including phenoxy) is 1. The summed E-state index contributed by atoms with van der Waals surface area (Å²) in [5.74, 6) is -1.23. The second kappa shape index (κ2) is 11.4. The van der Waals surface area contributed by atoms with Crippen molar-refractivity contribution in [3.05, 3.63) is 118 Å². The van der Waals surface area contributed by atoms with E-state index in [1.54, 1.807) is 12.1 Å². The smallest absolute Gasteiger partial charge is 0.254 e. The lowest BCUT2D eigenvalue weighted by atomic mass is 10.0. The maximum Gasteiger partial charge on any atom is 0.254 e. The van der Waals surface area contributed by atoms with Crippen LogP contribution in [0.2, 0.25) is 5.02 Å². The molecular weight excluding hydrogens is 494 g/mol. The van der Waals surface area contributed by atoms with Crippen LogP contribution >= 0.6 is 11.6 Å². The van der Waals surface area contributed by atoms with E-state index in [1.165, 1.54) is 18.2 Å². The molecule has 1 unspecified atom stereocenters. The van der Waals surface area contributed by atoms with Crippen molar-refractivity contribution in [3.63, 3.8) is 0 Å². The molecule has 1 amide bonds. The van der Waals surface area contributed by atoms with Crippen LogP contribution in [0.3, 0.4) is 0 Å². The molecule has 0 aromatic heterocycles. The number of benzene rings is 4. The summed E-state index contributed by atoms with van der Waals surface area (Å²) in [4.78, 5) is 17.4. The van der Waals surface area contributed by atoms with Gasteiger partial charge in [-0.05, 0) is 46.7 Å². The Morgan fingerprint density at radius 3 is 2.22 bits per heavy atom. The topological polar surface area (TPSA) is 32.8 Å². The predicted octanol–water partition coefficient (Wildman–Crippen LogP) is 6.49. The van der Waals surface area contributed by atoms with Gasteiger partial charge >= 0.3 is 0 Å². The van der Waals surface area contributed by atoms with Crippen molar-refractivity contribution in [1.29, 1.82) is 0 Å². The van der Waals surface area contributed by atoms with E-state index in [0.29, 0.717) is 43.3 Å². The van der Waals surface area contributed by atoms with Gasteiger partial charge in [0.2, 0.25) is 0 Å². The number of carbonyl (C=O) groups excluding carboxylic acids is 1. The van der Waals surface area contributed by atoms with Gasteiger partial charge in [-0.2, -0.15) is 0 Å². The SMILES string of the molecule is O=C(c1cccc2ccccc12)N1CCN(CC(OCc2c(F)cccc2F)c2ccc(Cl)cc2)CC1. The number of carbonyl (C=O) groups is 1. The lowest BCUT2D eigenvalue weighted by Gasteiger charge is -2.36. The zero-order valence-corrected chi connectivity index (χ0v) is 21.0. The molecule has 0 aliphatic carbocycles. The highest BCUT2D eigenvalue weighted by molar-refractivity contribution is 6.30. The van der Waals surface area contributed by atoms with Gasteiger partial charge in [-0.3, -0.25) is 9.69 Å². The minimum Gasteiger partial charge on any atom is -0.367 e. The summed E-state index contributed by atoms with van der Waals surface area (Å²) >= 11 is 6.07. The largest absolute Gasteiger partial charge is 0.367 e. The Kier molecular flexibility index (Phi) is 7.79. The first-order chi connectivity index (χ1) is 18.0. The summed E-state index contributed by atoms with van der Waals surface area (Å²) in [6.45, 7) is 2.82. The number of fused-ring (bicyclic) bond motifs is 1. The molecule has 0 radical (unpaired) electrons. The van der Waals surface area contributed by atoms with E-state index in [9.17, 15) is 13.6 Å². The average Bonchev–Trinajstić information content (AvgIpc) is 2.92. The first kappa shape index (κ1) is 25.3. The van der Waals surface area contributed by atoms with Crippen LogP contribution in [0.1, 0.15) is 27.6 Å². The van der Waals surface area contributed by atoms with Crippen molar-refractivity contribution in [1.82, 2.24) is 9.80 Å². The molecule has 1 saturated heterocycles. The van der Waals surface area contributed by atoms with Crippen LogP contribution in [0.15, 0.2) is 84.9 Å². The van der Waals surface area contributed by atoms with E-state index in [-0.39, 0.29) is 18.1 Å². The van der Waals surface area contributed by atoms with Crippen molar-refractivity contribution in [2.24, 2.45) is 0 Å². The van der Waals surface area contributed by atoms with Crippen LogP contribution < -0.4 is 0 Å². The number of rotatable bonds is 7. The molecule has 1 heterocycles. The second-order valence-corrected chi connectivity index (χ2v) is 9.61. The van der Waals surface area contributed by atoms with Crippen molar-refractivity contribution >= 4 is 28.3 Å². The van der Waals surface area contributed by atoms with Gasteiger partial charge in [0.15, 0.2) is 0 Å². The van der Waals surface area contributed by atoms with Gasteiger partial charge in [0.1, 0.15) is 11.6 Å². The highest BCUT2D eigenvalue weighted by atomic mass is 35.5. The lowest BCUT2D eigenvalue weighted by molar-refractivity contribution is 0.00147. The van der Waals surface area contributed by atoms with Gasteiger partial charge < -0.3 is 9.64 Å². The predicted molar refractivity (Wildman–Crippen MR) is 142 cm³/mol. The number of amides is 1. The van der Waals surface area contributed by atoms with Crippen molar-refractivity contribution in [2.75, 3.05) is 32.7 Å². The third kappa shape index (κ3) is 5.82. The molecule has 37 heavy (non-hydrogen) atoms. The molecule has 1 aliphatic rings. The van der Waals surface area contributed by atoms with Gasteiger partial charge in [-0.1, -0.05) is 66.2 Å². The fourth-order valence-corrected chi connectivity index (χ4v) is 4.86. The van der Waals surface area contributed by atoms with E-state index in [0.717, 1.165) is 16.3 Å². The van der Waals surface area contributed by atoms with Crippen LogP contribution in [-0.2, 0) is 11.3 Å². The van der Waals surface area contributed by atoms with E-state index >= 15 is 0 Å². The van der Waals surface area contributed by atoms with Crippen LogP contribution in [0.4, 0.5) is 8.78 Å². The molecule has 0 spiro atoms. The highest BCUT2D eigenvalue weighted by Crippen LogP contribution is 2.26. The zero-order chi connectivity index (χ0) is 25.8. The van der Waals surface area contributed by atoms with E-state index in [1.807, 2.05) is 59.5 Å². The molecule has 0 saturated carbocycles. The number of piperazine rings is 1. The molecule has 0 bridgehead atoms. The monoisotopic (exact) mass is 520 g/mol. The van der Waals surface area contributed by atoms with Gasteiger partial charge in [0.05, 0.1) is 12.7 Å². The molecular formula is C30H27ClF2N2O2. The maximum atomic E-state index is 14.2. The quantitative estimate of drug-likeness (QED) is 0.279. The average molecular weight is 521 g/mol. The van der Waals surface area contributed by atoms with Gasteiger partial charge in [0.25, 0.3) is 5.91 Å². The number of halogens is 3. The van der Waals surface area contributed by atoms with Crippen LogP contribution in [-0.4, -0.2) is 48.4 Å². The maximum absolute atomic E-state index is 14.2. The molecule has 1 aliphatic heterocycles. The Labute approximate surface area is 220 Å². The first-order valence-electron chi connectivity index (χ1n) is 12.3. The Morgan fingerprint density at radius 1 is 0.838 bits per heavy atom. The third-order valence-corrected chi connectivity index (χ3v) is 7.09. The Morgan fingerprint density at radius 2 is 1.49 bits per heavy atom. The standard InChI is InChI=1S/C30H27ClF2N2O2/c31-23-13-11-22(12-14-23)29(37-20-26-27(32)9-4-10-28(26)33)19-34-15-17-35(18-16-34)30(36)25-8-3-6-21-5-1-2-7-24(21)25/h1-14,29H,15-20H2. The Balaban J connectivity index is 1.26.